The van der Waals surface area contributed by atoms with Crippen LogP contribution in [0.3, 0.4) is 0 Å². The summed E-state index contributed by atoms with van der Waals surface area (Å²) in [6, 6.07) is 9.74. The van der Waals surface area contributed by atoms with Gasteiger partial charge in [0.05, 0.1) is 12.4 Å². The topological polar surface area (TPSA) is 111 Å². The van der Waals surface area contributed by atoms with Gasteiger partial charge in [-0.3, -0.25) is 14.9 Å². The van der Waals surface area contributed by atoms with E-state index in [0.717, 1.165) is 12.1 Å². The first kappa shape index (κ1) is 25.2. The second kappa shape index (κ2) is 12.1. The van der Waals surface area contributed by atoms with Gasteiger partial charge in [0.2, 0.25) is 0 Å². The van der Waals surface area contributed by atoms with E-state index in [1.54, 1.807) is 12.1 Å². The zero-order chi connectivity index (χ0) is 23.7. The lowest BCUT2D eigenvalue weighted by atomic mass is 10.0. The highest BCUT2D eigenvalue weighted by atomic mass is 32.1. The number of benzene rings is 2. The monoisotopic (exact) mass is 465 g/mol. The molecule has 0 saturated heterocycles. The fraction of sp³-hybridized carbons (Fsp3) is 0.318. The minimum absolute atomic E-state index is 0.0353. The van der Waals surface area contributed by atoms with Crippen molar-refractivity contribution in [2.24, 2.45) is 0 Å². The van der Waals surface area contributed by atoms with E-state index >= 15 is 0 Å². The lowest BCUT2D eigenvalue weighted by Gasteiger charge is -2.26. The van der Waals surface area contributed by atoms with E-state index in [4.69, 9.17) is 14.2 Å². The number of nitrogens with one attached hydrogen (secondary N) is 1. The molecule has 0 fully saturated rings. The van der Waals surface area contributed by atoms with Gasteiger partial charge in [-0.15, -0.1) is 0 Å². The number of hydrogen-bond acceptors (Lipinski definition) is 8. The lowest BCUT2D eigenvalue weighted by Crippen LogP contribution is -2.29. The third kappa shape index (κ3) is 7.24. The number of phenolic OH excluding ortho intramolecular Hbond substituents is 1. The lowest BCUT2D eigenvalue weighted by molar-refractivity contribution is -0.141. The van der Waals surface area contributed by atoms with Crippen molar-refractivity contribution in [2.45, 2.75) is 25.6 Å². The number of rotatable bonds is 10. The van der Waals surface area contributed by atoms with E-state index < -0.39 is 35.8 Å². The number of halogens is 1. The van der Waals surface area contributed by atoms with Crippen LogP contribution in [-0.2, 0) is 19.0 Å². The summed E-state index contributed by atoms with van der Waals surface area (Å²) in [6.07, 6.45) is -2.59. The molecular weight excluding hydrogens is 441 g/mol. The van der Waals surface area contributed by atoms with Crippen molar-refractivity contribution < 1.29 is 38.1 Å². The molecule has 0 bridgehead atoms. The molecular formula is C22H24FNO7S. The molecule has 0 radical (unpaired) electrons. The maximum atomic E-state index is 13.9. The van der Waals surface area contributed by atoms with Crippen LogP contribution in [0.2, 0.25) is 0 Å². The van der Waals surface area contributed by atoms with Crippen LogP contribution in [0.15, 0.2) is 42.5 Å². The fourth-order valence-corrected chi connectivity index (χ4v) is 2.93. The number of amides is 1. The zero-order valence-electron chi connectivity index (χ0n) is 17.5. The first-order valence-corrected chi connectivity index (χ1v) is 10.2. The Morgan fingerprint density at radius 2 is 1.84 bits per heavy atom. The number of ether oxygens (including phenoxy) is 3. The Morgan fingerprint density at radius 1 is 1.16 bits per heavy atom. The van der Waals surface area contributed by atoms with Crippen molar-refractivity contribution in [2.75, 3.05) is 24.8 Å². The Balaban J connectivity index is 2.18. The standard InChI is InChI=1S/C22H24FNO7S/c1-13(25)14-3-6-16(7-4-14)24-22(28)31-21(15-5-8-18(26)17(23)11-15)19(29-2)9-10-30-20(27)12-32/h3-8,11,19,21,26,32H,9-10,12H2,1-2H3,(H,24,28)/t19-,21-/m1/s1. The molecule has 0 aromatic heterocycles. The highest BCUT2D eigenvalue weighted by Gasteiger charge is 2.28. The summed E-state index contributed by atoms with van der Waals surface area (Å²) in [4.78, 5) is 35.2. The van der Waals surface area contributed by atoms with E-state index in [9.17, 15) is 23.9 Å². The van der Waals surface area contributed by atoms with Gasteiger partial charge >= 0.3 is 12.1 Å². The molecule has 32 heavy (non-hydrogen) atoms. The van der Waals surface area contributed by atoms with Crippen LogP contribution >= 0.6 is 12.6 Å². The van der Waals surface area contributed by atoms with Crippen molar-refractivity contribution in [1.29, 1.82) is 0 Å². The molecule has 0 spiro atoms. The Hall–Kier alpha value is -3.11. The van der Waals surface area contributed by atoms with Gasteiger partial charge in [0, 0.05) is 24.8 Å². The molecule has 0 aliphatic carbocycles. The molecule has 0 saturated carbocycles. The number of carbonyl (C=O) groups is 3. The number of anilines is 1. The second-order valence-corrected chi connectivity index (χ2v) is 7.05. The van der Waals surface area contributed by atoms with E-state index in [-0.39, 0.29) is 30.1 Å². The van der Waals surface area contributed by atoms with Crippen LogP contribution in [0.4, 0.5) is 14.9 Å². The summed E-state index contributed by atoms with van der Waals surface area (Å²) >= 11 is 3.82. The molecule has 0 aliphatic rings. The summed E-state index contributed by atoms with van der Waals surface area (Å²) in [6.45, 7) is 1.39. The van der Waals surface area contributed by atoms with Gasteiger partial charge in [-0.1, -0.05) is 6.07 Å². The molecule has 1 amide bonds. The third-order valence-electron chi connectivity index (χ3n) is 4.51. The maximum absolute atomic E-state index is 13.9. The number of thiol groups is 1. The average Bonchev–Trinajstić information content (AvgIpc) is 2.77. The highest BCUT2D eigenvalue weighted by molar-refractivity contribution is 7.81. The van der Waals surface area contributed by atoms with E-state index in [1.165, 1.54) is 32.2 Å². The summed E-state index contributed by atoms with van der Waals surface area (Å²) in [5, 5.41) is 12.0. The Morgan fingerprint density at radius 3 is 2.41 bits per heavy atom. The van der Waals surface area contributed by atoms with Gasteiger partial charge in [-0.2, -0.15) is 12.6 Å². The minimum atomic E-state index is -1.08. The molecule has 2 aromatic carbocycles. The number of esters is 1. The molecule has 0 heterocycles. The van der Waals surface area contributed by atoms with Crippen molar-refractivity contribution in [3.8, 4) is 5.75 Å². The number of Topliss-reactive ketones (excluding diaryl/α,β-unsaturated/α-hetero) is 1. The molecule has 2 rings (SSSR count). The molecule has 2 N–H and O–H groups in total. The van der Waals surface area contributed by atoms with Crippen LogP contribution in [0.1, 0.15) is 35.4 Å². The van der Waals surface area contributed by atoms with Gasteiger partial charge < -0.3 is 19.3 Å². The first-order chi connectivity index (χ1) is 15.2. The number of methoxy groups -OCH3 is 1. The molecule has 2 atom stereocenters. The van der Waals surface area contributed by atoms with Crippen LogP contribution in [0.5, 0.6) is 5.75 Å². The summed E-state index contributed by atoms with van der Waals surface area (Å²) in [5.74, 6) is -2.18. The predicted octanol–water partition coefficient (Wildman–Crippen LogP) is 3.90. The van der Waals surface area contributed by atoms with Crippen LogP contribution in [0.25, 0.3) is 0 Å². The van der Waals surface area contributed by atoms with Gasteiger partial charge in [0.1, 0.15) is 6.10 Å². The first-order valence-electron chi connectivity index (χ1n) is 9.61. The molecule has 10 heteroatoms. The van der Waals surface area contributed by atoms with E-state index in [1.807, 2.05) is 0 Å². The quantitative estimate of drug-likeness (QED) is 0.277. The minimum Gasteiger partial charge on any atom is -0.505 e. The Kier molecular flexibility index (Phi) is 9.48. The smallest absolute Gasteiger partial charge is 0.412 e. The number of carbonyl (C=O) groups excluding carboxylic acids is 3. The SMILES string of the molecule is CO[C@H](CCOC(=O)CS)[C@H](OC(=O)Nc1ccc(C(C)=O)cc1)c1ccc(O)c(F)c1. The van der Waals surface area contributed by atoms with E-state index in [2.05, 4.69) is 17.9 Å². The molecule has 8 nitrogen and oxygen atoms in total. The highest BCUT2D eigenvalue weighted by Crippen LogP contribution is 2.29. The van der Waals surface area contributed by atoms with Crippen LogP contribution in [0, 0.1) is 5.82 Å². The van der Waals surface area contributed by atoms with Crippen molar-refractivity contribution in [1.82, 2.24) is 0 Å². The molecule has 0 unspecified atom stereocenters. The maximum Gasteiger partial charge on any atom is 0.412 e. The van der Waals surface area contributed by atoms with Gasteiger partial charge in [0.25, 0.3) is 0 Å². The van der Waals surface area contributed by atoms with Crippen molar-refractivity contribution >= 4 is 36.2 Å². The summed E-state index contributed by atoms with van der Waals surface area (Å²) in [5.41, 5.74) is 1.10. The molecule has 0 aliphatic heterocycles. The summed E-state index contributed by atoms with van der Waals surface area (Å²) < 4.78 is 29.8. The molecule has 172 valence electrons. The number of aromatic hydroxyl groups is 1. The largest absolute Gasteiger partial charge is 0.505 e. The normalized spacial score (nSPS) is 12.5. The van der Waals surface area contributed by atoms with Crippen molar-refractivity contribution in [3.05, 3.63) is 59.4 Å². The Bertz CT molecular complexity index is 952. The fourth-order valence-electron chi connectivity index (χ4n) is 2.84. The number of ketones is 1. The van der Waals surface area contributed by atoms with Crippen LogP contribution < -0.4 is 5.32 Å². The summed E-state index contributed by atoms with van der Waals surface area (Å²) in [7, 11) is 1.37. The van der Waals surface area contributed by atoms with Gasteiger partial charge in [-0.25, -0.2) is 9.18 Å². The number of phenols is 1. The predicted molar refractivity (Wildman–Crippen MR) is 118 cm³/mol. The molecule has 2 aromatic rings. The second-order valence-electron chi connectivity index (χ2n) is 6.74. The zero-order valence-corrected chi connectivity index (χ0v) is 18.4. The van der Waals surface area contributed by atoms with Gasteiger partial charge in [0.15, 0.2) is 23.5 Å². The Labute approximate surface area is 190 Å². The van der Waals surface area contributed by atoms with Gasteiger partial charge in [-0.05, 0) is 48.9 Å². The number of hydrogen-bond donors (Lipinski definition) is 3. The average molecular weight is 465 g/mol. The van der Waals surface area contributed by atoms with Crippen LogP contribution in [-0.4, -0.2) is 48.5 Å². The third-order valence-corrected chi connectivity index (χ3v) is 4.77. The van der Waals surface area contributed by atoms with E-state index in [0.29, 0.717) is 11.3 Å². The van der Waals surface area contributed by atoms with Crippen molar-refractivity contribution in [3.63, 3.8) is 0 Å².